The van der Waals surface area contributed by atoms with Gasteiger partial charge in [0, 0.05) is 56.7 Å². The van der Waals surface area contributed by atoms with Crippen molar-refractivity contribution >= 4 is 67.9 Å². The molecule has 2 aromatic heterocycles. The van der Waals surface area contributed by atoms with Gasteiger partial charge in [-0.25, -0.2) is 4.98 Å². The van der Waals surface area contributed by atoms with Gasteiger partial charge in [0.15, 0.2) is 0 Å². The molecule has 11 heteroatoms. The minimum absolute atomic E-state index is 0. The molecule has 0 aliphatic carbocycles. The van der Waals surface area contributed by atoms with Crippen LogP contribution in [-0.2, 0) is 6.42 Å². The van der Waals surface area contributed by atoms with Crippen LogP contribution in [0.2, 0.25) is 0 Å². The van der Waals surface area contributed by atoms with Gasteiger partial charge in [-0.3, -0.25) is 4.98 Å². The van der Waals surface area contributed by atoms with E-state index in [0.717, 1.165) is 61.7 Å². The van der Waals surface area contributed by atoms with Gasteiger partial charge in [-0.05, 0) is 41.8 Å². The highest BCUT2D eigenvalue weighted by molar-refractivity contribution is 5.86. The molecule has 3 aromatic rings. The van der Waals surface area contributed by atoms with Gasteiger partial charge in [0.05, 0.1) is 12.0 Å². The number of rotatable bonds is 13. The van der Waals surface area contributed by atoms with Gasteiger partial charge in [0.2, 0.25) is 0 Å². The molecule has 0 radical (unpaired) electrons. The van der Waals surface area contributed by atoms with Crippen molar-refractivity contribution in [3.63, 3.8) is 0 Å². The van der Waals surface area contributed by atoms with Gasteiger partial charge in [-0.15, -0.1) is 62.0 Å². The average Bonchev–Trinajstić information content (AvgIpc) is 2.85. The van der Waals surface area contributed by atoms with Gasteiger partial charge in [0.1, 0.15) is 5.82 Å². The number of benzene rings is 1. The van der Waals surface area contributed by atoms with Crippen LogP contribution in [0.3, 0.4) is 0 Å². The number of hydrogen-bond acceptors (Lipinski definition) is 6. The molecule has 1 aromatic carbocycles. The van der Waals surface area contributed by atoms with E-state index in [1.54, 1.807) is 12.4 Å². The van der Waals surface area contributed by atoms with E-state index in [-0.39, 0.29) is 68.0 Å². The number of nitrogens with one attached hydrogen (secondary N) is 3. The lowest BCUT2D eigenvalue weighted by molar-refractivity contribution is 0.502. The van der Waals surface area contributed by atoms with Gasteiger partial charge in [0.25, 0.3) is 0 Å². The second kappa shape index (κ2) is 23.3. The van der Waals surface area contributed by atoms with Crippen LogP contribution in [-0.4, -0.2) is 42.2 Å². The van der Waals surface area contributed by atoms with Crippen molar-refractivity contribution in [1.29, 1.82) is 5.26 Å². The molecule has 0 fully saturated rings. The molecule has 0 aliphatic heterocycles. The molecular formula is C26H37Cl5N6. The van der Waals surface area contributed by atoms with Gasteiger partial charge < -0.3 is 16.0 Å². The fourth-order valence-corrected chi connectivity index (χ4v) is 3.56. The molecule has 2 unspecified atom stereocenters. The maximum Gasteiger partial charge on any atom is 0.125 e. The summed E-state index contributed by atoms with van der Waals surface area (Å²) in [4.78, 5) is 8.78. The van der Waals surface area contributed by atoms with E-state index in [2.05, 4.69) is 45.0 Å². The van der Waals surface area contributed by atoms with Crippen LogP contribution in [0.5, 0.6) is 0 Å². The zero-order valence-electron chi connectivity index (χ0n) is 20.7. The minimum atomic E-state index is -0.263. The van der Waals surface area contributed by atoms with E-state index >= 15 is 0 Å². The molecule has 0 bridgehead atoms. The second-order valence-electron chi connectivity index (χ2n) is 7.71. The monoisotopic (exact) mass is 608 g/mol. The number of nitrogens with zero attached hydrogens (tertiary/aromatic N) is 3. The molecule has 3 N–H and O–H groups in total. The Hall–Kier alpha value is -1.82. The summed E-state index contributed by atoms with van der Waals surface area (Å²) in [5, 5.41) is 20.1. The third-order valence-corrected chi connectivity index (χ3v) is 5.42. The average molecular weight is 611 g/mol. The van der Waals surface area contributed by atoms with E-state index in [4.69, 9.17) is 0 Å². The third-order valence-electron chi connectivity index (χ3n) is 5.42. The van der Waals surface area contributed by atoms with Gasteiger partial charge >= 0.3 is 0 Å². The first-order valence-corrected chi connectivity index (χ1v) is 11.3. The molecule has 0 saturated heterocycles. The minimum Gasteiger partial charge on any atom is -0.369 e. The molecule has 2 atom stereocenters. The van der Waals surface area contributed by atoms with Crippen LogP contribution in [0.1, 0.15) is 36.1 Å². The topological polar surface area (TPSA) is 85.7 Å². The predicted molar refractivity (Wildman–Crippen MR) is 166 cm³/mol. The standard InChI is InChI=1S/C26H32N6.5ClH/c1-2-23(20-32-26-10-6-7-13-31-26)30-17-16-28-14-12-24-18-22(11-15-29-24)25(19-27)21-8-4-3-5-9-21;;;;;/h3-11,13,15,18,23,25,28,30H,2,12,14,16-17,20H2,1H3,(H,31,32);5*1H. The number of aromatic nitrogens is 2. The molecular weight excluding hydrogens is 574 g/mol. The Balaban J connectivity index is -0.00000231. The molecule has 206 valence electrons. The zero-order valence-corrected chi connectivity index (χ0v) is 24.8. The highest BCUT2D eigenvalue weighted by Crippen LogP contribution is 2.23. The van der Waals surface area contributed by atoms with Gasteiger partial charge in [-0.2, -0.15) is 5.26 Å². The van der Waals surface area contributed by atoms with Crippen molar-refractivity contribution in [3.8, 4) is 6.07 Å². The second-order valence-corrected chi connectivity index (χ2v) is 7.71. The number of pyridine rings is 2. The fourth-order valence-electron chi connectivity index (χ4n) is 3.56. The van der Waals surface area contributed by atoms with E-state index in [1.165, 1.54) is 0 Å². The lowest BCUT2D eigenvalue weighted by Gasteiger charge is -2.18. The van der Waals surface area contributed by atoms with Gasteiger partial charge in [-0.1, -0.05) is 43.3 Å². The molecule has 0 amide bonds. The molecule has 0 spiro atoms. The van der Waals surface area contributed by atoms with Crippen LogP contribution in [0.15, 0.2) is 73.1 Å². The number of hydrogen-bond donors (Lipinski definition) is 3. The quantitative estimate of drug-likeness (QED) is 0.211. The highest BCUT2D eigenvalue weighted by atomic mass is 35.5. The van der Waals surface area contributed by atoms with E-state index in [9.17, 15) is 5.26 Å². The molecule has 3 rings (SSSR count). The van der Waals surface area contributed by atoms with Crippen molar-refractivity contribution in [2.75, 3.05) is 31.5 Å². The first kappa shape index (κ1) is 39.7. The Kier molecular flexibility index (Phi) is 25.0. The summed E-state index contributed by atoms with van der Waals surface area (Å²) in [6.45, 7) is 5.69. The van der Waals surface area contributed by atoms with E-state index < -0.39 is 0 Å². The Bertz CT molecular complexity index is 976. The van der Waals surface area contributed by atoms with E-state index in [1.807, 2.05) is 54.6 Å². The van der Waals surface area contributed by atoms with Crippen molar-refractivity contribution in [3.05, 3.63) is 89.9 Å². The first-order valence-electron chi connectivity index (χ1n) is 11.3. The maximum atomic E-state index is 9.67. The Labute approximate surface area is 251 Å². The predicted octanol–water partition coefficient (Wildman–Crippen LogP) is 5.85. The highest BCUT2D eigenvalue weighted by Gasteiger charge is 2.13. The molecule has 0 aliphatic rings. The molecule has 37 heavy (non-hydrogen) atoms. The Morgan fingerprint density at radius 2 is 1.54 bits per heavy atom. The lowest BCUT2D eigenvalue weighted by Crippen LogP contribution is -2.39. The number of nitriles is 1. The smallest absolute Gasteiger partial charge is 0.125 e. The summed E-state index contributed by atoms with van der Waals surface area (Å²) >= 11 is 0. The Morgan fingerprint density at radius 3 is 2.19 bits per heavy atom. The summed E-state index contributed by atoms with van der Waals surface area (Å²) in [7, 11) is 0. The molecule has 2 heterocycles. The first-order chi connectivity index (χ1) is 15.8. The fraction of sp³-hybridized carbons (Fsp3) is 0.346. The van der Waals surface area contributed by atoms with Crippen LogP contribution in [0.4, 0.5) is 5.82 Å². The summed E-state index contributed by atoms with van der Waals surface area (Å²) in [5.74, 6) is 0.646. The van der Waals surface area contributed by atoms with Crippen molar-refractivity contribution < 1.29 is 0 Å². The normalized spacial score (nSPS) is 10.9. The van der Waals surface area contributed by atoms with Crippen molar-refractivity contribution in [2.45, 2.75) is 31.7 Å². The summed E-state index contributed by atoms with van der Waals surface area (Å²) < 4.78 is 0. The Morgan fingerprint density at radius 1 is 0.811 bits per heavy atom. The van der Waals surface area contributed by atoms with Crippen LogP contribution in [0, 0.1) is 11.3 Å². The lowest BCUT2D eigenvalue weighted by atomic mass is 9.93. The molecule has 0 saturated carbocycles. The van der Waals surface area contributed by atoms with Crippen LogP contribution >= 0.6 is 62.0 Å². The number of anilines is 1. The maximum absolute atomic E-state index is 9.67. The number of halogens is 5. The zero-order chi connectivity index (χ0) is 22.4. The van der Waals surface area contributed by atoms with Crippen molar-refractivity contribution in [2.24, 2.45) is 0 Å². The third kappa shape index (κ3) is 14.1. The summed E-state index contributed by atoms with van der Waals surface area (Å²) in [5.41, 5.74) is 3.01. The molecule has 6 nitrogen and oxygen atoms in total. The summed E-state index contributed by atoms with van der Waals surface area (Å²) in [6, 6.07) is 22.6. The SMILES string of the molecule is CCC(CNc1ccccn1)NCCNCCc1cc(C(C#N)c2ccccc2)ccn1.Cl.Cl.Cl.Cl.Cl. The largest absolute Gasteiger partial charge is 0.369 e. The van der Waals surface area contributed by atoms with Crippen LogP contribution in [0.25, 0.3) is 0 Å². The summed E-state index contributed by atoms with van der Waals surface area (Å²) in [6.07, 6.45) is 5.49. The van der Waals surface area contributed by atoms with Crippen molar-refractivity contribution in [1.82, 2.24) is 20.6 Å². The van der Waals surface area contributed by atoms with E-state index in [0.29, 0.717) is 6.04 Å². The van der Waals surface area contributed by atoms with Crippen LogP contribution < -0.4 is 16.0 Å².